The highest BCUT2D eigenvalue weighted by atomic mass is 16.8. The van der Waals surface area contributed by atoms with Crippen molar-refractivity contribution in [3.05, 3.63) is 0 Å². The Morgan fingerprint density at radius 1 is 1.25 bits per heavy atom. The fraction of sp³-hybridized carbons (Fsp3) is 1.00. The molecule has 16 heavy (non-hydrogen) atoms. The van der Waals surface area contributed by atoms with Crippen LogP contribution in [0.15, 0.2) is 0 Å². The Balaban J connectivity index is 1.85. The highest BCUT2D eigenvalue weighted by molar-refractivity contribution is 5.18. The van der Waals surface area contributed by atoms with E-state index in [9.17, 15) is 0 Å². The topological polar surface area (TPSA) is 36.9 Å². The van der Waals surface area contributed by atoms with E-state index in [-0.39, 0.29) is 24.1 Å². The molecule has 1 saturated carbocycles. The van der Waals surface area contributed by atoms with Gasteiger partial charge >= 0.3 is 0 Å². The lowest BCUT2D eigenvalue weighted by atomic mass is 10.1. The lowest BCUT2D eigenvalue weighted by Crippen LogP contribution is -2.32. The maximum atomic E-state index is 6.00. The quantitative estimate of drug-likeness (QED) is 0.720. The van der Waals surface area contributed by atoms with Crippen molar-refractivity contribution in [1.29, 1.82) is 0 Å². The molecule has 2 heterocycles. The number of ether oxygens (including phenoxy) is 4. The second-order valence-corrected chi connectivity index (χ2v) is 5.51. The minimum Gasteiger partial charge on any atom is -0.353 e. The van der Waals surface area contributed by atoms with E-state index in [2.05, 4.69) is 6.92 Å². The molecule has 3 fully saturated rings. The van der Waals surface area contributed by atoms with Gasteiger partial charge in [-0.25, -0.2) is 0 Å². The van der Waals surface area contributed by atoms with Crippen LogP contribution in [-0.2, 0) is 18.9 Å². The van der Waals surface area contributed by atoms with E-state index in [0.717, 1.165) is 12.8 Å². The van der Waals surface area contributed by atoms with Crippen LogP contribution in [0.25, 0.3) is 0 Å². The van der Waals surface area contributed by atoms with Crippen LogP contribution in [0.4, 0.5) is 0 Å². The molecule has 5 atom stereocenters. The molecule has 1 aliphatic carbocycles. The van der Waals surface area contributed by atoms with Gasteiger partial charge in [-0.1, -0.05) is 13.3 Å². The third kappa shape index (κ3) is 1.30. The van der Waals surface area contributed by atoms with Crippen molar-refractivity contribution in [2.75, 3.05) is 7.11 Å². The van der Waals surface area contributed by atoms with E-state index >= 15 is 0 Å². The van der Waals surface area contributed by atoms with Crippen LogP contribution in [-0.4, -0.2) is 37.0 Å². The summed E-state index contributed by atoms with van der Waals surface area (Å²) in [6, 6.07) is 0. The zero-order valence-electron chi connectivity index (χ0n) is 10.4. The summed E-state index contributed by atoms with van der Waals surface area (Å²) in [6.45, 7) is 6.10. The van der Waals surface area contributed by atoms with Gasteiger partial charge in [0.1, 0.15) is 17.8 Å². The maximum Gasteiger partial charge on any atom is 0.186 e. The van der Waals surface area contributed by atoms with E-state index < -0.39 is 5.79 Å². The zero-order chi connectivity index (χ0) is 11.6. The fourth-order valence-corrected chi connectivity index (χ4v) is 3.21. The largest absolute Gasteiger partial charge is 0.353 e. The van der Waals surface area contributed by atoms with Crippen LogP contribution >= 0.6 is 0 Å². The molecule has 0 N–H and O–H groups in total. The molecule has 0 amide bonds. The zero-order valence-corrected chi connectivity index (χ0v) is 10.4. The Hall–Kier alpha value is -0.160. The highest BCUT2D eigenvalue weighted by Gasteiger charge is 2.72. The van der Waals surface area contributed by atoms with Crippen LogP contribution in [0.5, 0.6) is 0 Å². The van der Waals surface area contributed by atoms with Crippen molar-refractivity contribution in [2.45, 2.75) is 63.5 Å². The summed E-state index contributed by atoms with van der Waals surface area (Å²) in [7, 11) is 1.67. The molecule has 2 aliphatic heterocycles. The van der Waals surface area contributed by atoms with Gasteiger partial charge in [0.15, 0.2) is 12.1 Å². The van der Waals surface area contributed by atoms with Gasteiger partial charge in [0.25, 0.3) is 0 Å². The van der Waals surface area contributed by atoms with Crippen molar-refractivity contribution in [1.82, 2.24) is 0 Å². The number of rotatable bonds is 2. The molecule has 3 aliphatic rings. The molecule has 4 nitrogen and oxygen atoms in total. The Labute approximate surface area is 96.2 Å². The predicted octanol–water partition coefficient (Wildman–Crippen LogP) is 1.68. The summed E-state index contributed by atoms with van der Waals surface area (Å²) in [5.74, 6) is 0.0849. The van der Waals surface area contributed by atoms with Gasteiger partial charge in [-0.05, 0) is 26.2 Å². The van der Waals surface area contributed by atoms with Crippen LogP contribution in [0.2, 0.25) is 0 Å². The summed E-state index contributed by atoms with van der Waals surface area (Å²) < 4.78 is 23.2. The third-order valence-corrected chi connectivity index (χ3v) is 4.04. The van der Waals surface area contributed by atoms with Gasteiger partial charge in [-0.2, -0.15) is 0 Å². The molecule has 2 saturated heterocycles. The van der Waals surface area contributed by atoms with E-state index in [1.165, 1.54) is 0 Å². The van der Waals surface area contributed by atoms with Gasteiger partial charge < -0.3 is 18.9 Å². The van der Waals surface area contributed by atoms with Crippen molar-refractivity contribution < 1.29 is 18.9 Å². The number of hydrogen-bond donors (Lipinski definition) is 0. The first-order valence-electron chi connectivity index (χ1n) is 6.08. The summed E-state index contributed by atoms with van der Waals surface area (Å²) in [6.07, 6.45) is 1.89. The van der Waals surface area contributed by atoms with Crippen molar-refractivity contribution >= 4 is 0 Å². The normalized spacial score (nSPS) is 53.2. The van der Waals surface area contributed by atoms with E-state index in [1.54, 1.807) is 7.11 Å². The van der Waals surface area contributed by atoms with Crippen LogP contribution in [0.1, 0.15) is 33.6 Å². The first kappa shape index (κ1) is 11.0. The Kier molecular flexibility index (Phi) is 2.19. The Morgan fingerprint density at radius 3 is 2.56 bits per heavy atom. The maximum absolute atomic E-state index is 6.00. The smallest absolute Gasteiger partial charge is 0.186 e. The molecule has 0 aromatic rings. The Morgan fingerprint density at radius 2 is 2.00 bits per heavy atom. The molecule has 4 heteroatoms. The van der Waals surface area contributed by atoms with Crippen molar-refractivity contribution in [3.63, 3.8) is 0 Å². The van der Waals surface area contributed by atoms with Gasteiger partial charge in [0.05, 0.1) is 0 Å². The molecule has 3 rings (SSSR count). The van der Waals surface area contributed by atoms with Crippen LogP contribution in [0, 0.1) is 5.92 Å². The van der Waals surface area contributed by atoms with Crippen molar-refractivity contribution in [3.8, 4) is 0 Å². The van der Waals surface area contributed by atoms with Gasteiger partial charge in [-0.3, -0.25) is 0 Å². The summed E-state index contributed by atoms with van der Waals surface area (Å²) in [5, 5.41) is 0. The molecular weight excluding hydrogens is 208 g/mol. The molecule has 92 valence electrons. The SMILES string of the molecule is CC[C@@H]1C[C@]12OC(OC)[C@H]1OC(C)(C)OC12. The minimum absolute atomic E-state index is 0.0393. The Bertz CT molecular complexity index is 303. The predicted molar refractivity (Wildman–Crippen MR) is 56.8 cm³/mol. The molecule has 1 spiro atoms. The van der Waals surface area contributed by atoms with Crippen molar-refractivity contribution in [2.24, 2.45) is 5.92 Å². The van der Waals surface area contributed by atoms with E-state index in [0.29, 0.717) is 5.92 Å². The highest BCUT2D eigenvalue weighted by Crippen LogP contribution is 2.61. The molecule has 2 unspecified atom stereocenters. The molecule has 0 bridgehead atoms. The lowest BCUT2D eigenvalue weighted by Gasteiger charge is -2.24. The van der Waals surface area contributed by atoms with Crippen LogP contribution < -0.4 is 0 Å². The number of hydrogen-bond acceptors (Lipinski definition) is 4. The second kappa shape index (κ2) is 3.19. The first-order valence-corrected chi connectivity index (χ1v) is 6.08. The molecule has 0 aromatic carbocycles. The third-order valence-electron chi connectivity index (χ3n) is 4.04. The standard InChI is InChI=1S/C12H20O4/c1-5-7-6-12(7)9-8(10(13-4)16-12)14-11(2,3)15-9/h7-10H,5-6H2,1-4H3/t7-,8+,9?,10?,12+/m1/s1. The first-order chi connectivity index (χ1) is 7.52. The summed E-state index contributed by atoms with van der Waals surface area (Å²) >= 11 is 0. The van der Waals surface area contributed by atoms with E-state index in [4.69, 9.17) is 18.9 Å². The van der Waals surface area contributed by atoms with Gasteiger partial charge in [-0.15, -0.1) is 0 Å². The summed E-state index contributed by atoms with van der Waals surface area (Å²) in [4.78, 5) is 0. The number of methoxy groups -OCH3 is 1. The average molecular weight is 228 g/mol. The average Bonchev–Trinajstić information content (AvgIpc) is 2.75. The fourth-order valence-electron chi connectivity index (χ4n) is 3.21. The second-order valence-electron chi connectivity index (χ2n) is 5.51. The molecule has 0 radical (unpaired) electrons. The monoisotopic (exact) mass is 228 g/mol. The lowest BCUT2D eigenvalue weighted by molar-refractivity contribution is -0.234. The number of fused-ring (bicyclic) bond motifs is 2. The summed E-state index contributed by atoms with van der Waals surface area (Å²) in [5.41, 5.74) is -0.131. The molecular formula is C12H20O4. The minimum atomic E-state index is -0.510. The van der Waals surface area contributed by atoms with E-state index in [1.807, 2.05) is 13.8 Å². The van der Waals surface area contributed by atoms with Gasteiger partial charge in [0, 0.05) is 7.11 Å². The van der Waals surface area contributed by atoms with Gasteiger partial charge in [0.2, 0.25) is 0 Å². The molecule has 0 aromatic heterocycles. The van der Waals surface area contributed by atoms with Crippen LogP contribution in [0.3, 0.4) is 0 Å².